The minimum atomic E-state index is -0.438. The molecule has 4 N–H and O–H groups in total. The van der Waals surface area contributed by atoms with Crippen LogP contribution in [0.3, 0.4) is 0 Å². The fourth-order valence-electron chi connectivity index (χ4n) is 2.65. The van der Waals surface area contributed by atoms with Crippen LogP contribution in [0.5, 0.6) is 0 Å². The third-order valence-corrected chi connectivity index (χ3v) is 4.08. The summed E-state index contributed by atoms with van der Waals surface area (Å²) in [6, 6.07) is 5.52. The number of nitrogens with two attached hydrogens (primary N) is 2. The van der Waals surface area contributed by atoms with Crippen molar-refractivity contribution in [3.63, 3.8) is 0 Å². The maximum Gasteiger partial charge on any atom is 0.250 e. The highest BCUT2D eigenvalue weighted by atomic mass is 35.5. The fraction of sp³-hybridized carbons (Fsp3) is 0.500. The lowest BCUT2D eigenvalue weighted by Gasteiger charge is -2.35. The Morgan fingerprint density at radius 3 is 2.58 bits per heavy atom. The van der Waals surface area contributed by atoms with Crippen molar-refractivity contribution in [2.75, 3.05) is 18.0 Å². The smallest absolute Gasteiger partial charge is 0.250 e. The van der Waals surface area contributed by atoms with E-state index in [1.807, 2.05) is 6.07 Å². The summed E-state index contributed by atoms with van der Waals surface area (Å²) < 4.78 is 0. The predicted octanol–water partition coefficient (Wildman–Crippen LogP) is 2.00. The van der Waals surface area contributed by atoms with Crippen molar-refractivity contribution in [1.82, 2.24) is 0 Å². The number of nitrogens with zero attached hydrogens (tertiary/aromatic N) is 1. The zero-order chi connectivity index (χ0) is 14.0. The number of amides is 1. The normalized spacial score (nSPS) is 18.4. The first kappa shape index (κ1) is 14.2. The molecule has 2 rings (SSSR count). The second-order valence-electron chi connectivity index (χ2n) is 5.21. The van der Waals surface area contributed by atoms with Crippen LogP contribution >= 0.6 is 11.6 Å². The SMILES string of the molecule is CC(N)C1CCN(c2ccc(Cl)cc2C(N)=O)CC1. The van der Waals surface area contributed by atoms with Gasteiger partial charge in [-0.15, -0.1) is 0 Å². The van der Waals surface area contributed by atoms with Crippen LogP contribution in [0.4, 0.5) is 5.69 Å². The molecule has 1 heterocycles. The summed E-state index contributed by atoms with van der Waals surface area (Å²) in [4.78, 5) is 13.7. The van der Waals surface area contributed by atoms with Crippen molar-refractivity contribution in [3.05, 3.63) is 28.8 Å². The molecule has 0 radical (unpaired) electrons. The van der Waals surface area contributed by atoms with Gasteiger partial charge in [-0.05, 0) is 43.9 Å². The fourth-order valence-corrected chi connectivity index (χ4v) is 2.82. The van der Waals surface area contributed by atoms with Crippen molar-refractivity contribution in [2.45, 2.75) is 25.8 Å². The molecule has 0 aliphatic carbocycles. The Bertz CT molecular complexity index is 468. The van der Waals surface area contributed by atoms with Gasteiger partial charge in [-0.25, -0.2) is 0 Å². The molecule has 104 valence electrons. The molecule has 1 aliphatic heterocycles. The maximum absolute atomic E-state index is 11.5. The molecule has 1 fully saturated rings. The Kier molecular flexibility index (Phi) is 4.32. The second kappa shape index (κ2) is 5.80. The zero-order valence-corrected chi connectivity index (χ0v) is 11.9. The number of halogens is 1. The van der Waals surface area contributed by atoms with Crippen molar-refractivity contribution in [3.8, 4) is 0 Å². The first-order valence-electron chi connectivity index (χ1n) is 6.59. The third kappa shape index (κ3) is 3.19. The number of piperidine rings is 1. The lowest BCUT2D eigenvalue weighted by molar-refractivity contribution is 0.100. The van der Waals surface area contributed by atoms with E-state index in [0.29, 0.717) is 16.5 Å². The molecular formula is C14H20ClN3O. The van der Waals surface area contributed by atoms with Gasteiger partial charge in [0.2, 0.25) is 0 Å². The topological polar surface area (TPSA) is 72.3 Å². The molecule has 1 aromatic carbocycles. The van der Waals surface area contributed by atoms with Gasteiger partial charge in [0, 0.05) is 29.8 Å². The van der Waals surface area contributed by atoms with Gasteiger partial charge in [0.15, 0.2) is 0 Å². The average Bonchev–Trinajstić information content (AvgIpc) is 2.38. The number of hydrogen-bond acceptors (Lipinski definition) is 3. The van der Waals surface area contributed by atoms with Gasteiger partial charge in [-0.2, -0.15) is 0 Å². The van der Waals surface area contributed by atoms with E-state index in [1.54, 1.807) is 12.1 Å². The molecule has 1 unspecified atom stereocenters. The highest BCUT2D eigenvalue weighted by Gasteiger charge is 2.24. The first-order chi connectivity index (χ1) is 8.99. The first-order valence-corrected chi connectivity index (χ1v) is 6.96. The van der Waals surface area contributed by atoms with Crippen molar-refractivity contribution in [1.29, 1.82) is 0 Å². The predicted molar refractivity (Wildman–Crippen MR) is 78.6 cm³/mol. The molecule has 0 bridgehead atoms. The van der Waals surface area contributed by atoms with Gasteiger partial charge in [0.05, 0.1) is 5.56 Å². The van der Waals surface area contributed by atoms with Crippen LogP contribution in [0, 0.1) is 5.92 Å². The Hall–Kier alpha value is -1.26. The molecule has 1 amide bonds. The molecule has 19 heavy (non-hydrogen) atoms. The number of hydrogen-bond donors (Lipinski definition) is 2. The molecule has 1 atom stereocenters. The van der Waals surface area contributed by atoms with Crippen LogP contribution in [0.2, 0.25) is 5.02 Å². The van der Waals surface area contributed by atoms with Crippen LogP contribution in [0.25, 0.3) is 0 Å². The summed E-state index contributed by atoms with van der Waals surface area (Å²) in [6.45, 7) is 3.85. The Morgan fingerprint density at radius 2 is 2.05 bits per heavy atom. The van der Waals surface area contributed by atoms with Crippen molar-refractivity contribution < 1.29 is 4.79 Å². The second-order valence-corrected chi connectivity index (χ2v) is 5.65. The monoisotopic (exact) mass is 281 g/mol. The molecule has 1 aliphatic rings. The maximum atomic E-state index is 11.5. The molecule has 1 aromatic rings. The van der Waals surface area contributed by atoms with E-state index >= 15 is 0 Å². The largest absolute Gasteiger partial charge is 0.371 e. The number of primary amides is 1. The molecule has 1 saturated heterocycles. The van der Waals surface area contributed by atoms with Gasteiger partial charge in [0.25, 0.3) is 5.91 Å². The van der Waals surface area contributed by atoms with Crippen molar-refractivity contribution >= 4 is 23.2 Å². The van der Waals surface area contributed by atoms with Crippen LogP contribution in [-0.2, 0) is 0 Å². The van der Waals surface area contributed by atoms with Crippen LogP contribution in [0.15, 0.2) is 18.2 Å². The number of rotatable bonds is 3. The Morgan fingerprint density at radius 1 is 1.42 bits per heavy atom. The number of carbonyl (C=O) groups excluding carboxylic acids is 1. The Balaban J connectivity index is 2.17. The van der Waals surface area contributed by atoms with Crippen LogP contribution in [-0.4, -0.2) is 25.0 Å². The van der Waals surface area contributed by atoms with Crippen LogP contribution < -0.4 is 16.4 Å². The van der Waals surface area contributed by atoms with Gasteiger partial charge in [-0.3, -0.25) is 4.79 Å². The lowest BCUT2D eigenvalue weighted by Crippen LogP contribution is -2.40. The van der Waals surface area contributed by atoms with E-state index in [-0.39, 0.29) is 6.04 Å². The van der Waals surface area contributed by atoms with E-state index in [4.69, 9.17) is 23.1 Å². The van der Waals surface area contributed by atoms with E-state index in [2.05, 4.69) is 11.8 Å². The van der Waals surface area contributed by atoms with Gasteiger partial charge in [0.1, 0.15) is 0 Å². The quantitative estimate of drug-likeness (QED) is 0.890. The van der Waals surface area contributed by atoms with E-state index in [0.717, 1.165) is 31.6 Å². The van der Waals surface area contributed by atoms with Gasteiger partial charge in [-0.1, -0.05) is 11.6 Å². The molecule has 0 saturated carbocycles. The van der Waals surface area contributed by atoms with Gasteiger partial charge >= 0.3 is 0 Å². The number of anilines is 1. The highest BCUT2D eigenvalue weighted by molar-refractivity contribution is 6.31. The summed E-state index contributed by atoms with van der Waals surface area (Å²) in [5.41, 5.74) is 12.7. The van der Waals surface area contributed by atoms with Crippen molar-refractivity contribution in [2.24, 2.45) is 17.4 Å². The summed E-state index contributed by atoms with van der Waals surface area (Å²) in [5.74, 6) is 0.118. The molecule has 0 aromatic heterocycles. The minimum Gasteiger partial charge on any atom is -0.371 e. The molecular weight excluding hydrogens is 262 g/mol. The average molecular weight is 282 g/mol. The van der Waals surface area contributed by atoms with Crippen LogP contribution in [0.1, 0.15) is 30.1 Å². The van der Waals surface area contributed by atoms with E-state index in [1.165, 1.54) is 0 Å². The number of carbonyl (C=O) groups is 1. The summed E-state index contributed by atoms with van der Waals surface area (Å²) in [7, 11) is 0. The van der Waals surface area contributed by atoms with E-state index < -0.39 is 5.91 Å². The van der Waals surface area contributed by atoms with E-state index in [9.17, 15) is 4.79 Å². The summed E-state index contributed by atoms with van der Waals surface area (Å²) >= 11 is 5.92. The Labute approximate surface area is 118 Å². The van der Waals surface area contributed by atoms with Gasteiger partial charge < -0.3 is 16.4 Å². The zero-order valence-electron chi connectivity index (χ0n) is 11.1. The summed E-state index contributed by atoms with van der Waals surface area (Å²) in [6.07, 6.45) is 2.08. The standard InChI is InChI=1S/C14H20ClN3O/c1-9(16)10-4-6-18(7-5-10)13-3-2-11(15)8-12(13)14(17)19/h2-3,8-10H,4-7,16H2,1H3,(H2,17,19). The third-order valence-electron chi connectivity index (χ3n) is 3.85. The molecule has 4 nitrogen and oxygen atoms in total. The lowest BCUT2D eigenvalue weighted by atomic mass is 9.90. The number of benzene rings is 1. The highest BCUT2D eigenvalue weighted by Crippen LogP contribution is 2.29. The summed E-state index contributed by atoms with van der Waals surface area (Å²) in [5, 5.41) is 0.531. The minimum absolute atomic E-state index is 0.225. The molecule has 0 spiro atoms. The molecule has 5 heteroatoms.